The van der Waals surface area contributed by atoms with Gasteiger partial charge in [-0.15, -0.1) is 11.3 Å². The molecule has 0 amide bonds. The van der Waals surface area contributed by atoms with Gasteiger partial charge in [0.05, 0.1) is 11.2 Å². The first kappa shape index (κ1) is 14.5. The third kappa shape index (κ3) is 2.67. The standard InChI is InChI=1S/C17H28N2S/c1-3-13-7-6-11-17(12-10-13,18-4-2)16-19-14-8-5-9-15(14)20-16/h13,18H,3-12H2,1-2H3. The van der Waals surface area contributed by atoms with E-state index in [0.717, 1.165) is 12.5 Å². The summed E-state index contributed by atoms with van der Waals surface area (Å²) in [6.45, 7) is 5.65. The SMILES string of the molecule is CCNC1(c2nc3c(s2)CCC3)CCCC(CC)CC1. The minimum atomic E-state index is 0.188. The molecular weight excluding hydrogens is 264 g/mol. The number of nitrogens with one attached hydrogen (secondary N) is 1. The maximum Gasteiger partial charge on any atom is 0.113 e. The summed E-state index contributed by atoms with van der Waals surface area (Å²) in [7, 11) is 0. The van der Waals surface area contributed by atoms with E-state index in [0.29, 0.717) is 0 Å². The van der Waals surface area contributed by atoms with Gasteiger partial charge < -0.3 is 5.32 Å². The predicted molar refractivity (Wildman–Crippen MR) is 86.4 cm³/mol. The summed E-state index contributed by atoms with van der Waals surface area (Å²) in [5, 5.41) is 5.24. The molecule has 2 atom stereocenters. The highest BCUT2D eigenvalue weighted by atomic mass is 32.1. The van der Waals surface area contributed by atoms with Crippen LogP contribution in [0.4, 0.5) is 0 Å². The van der Waals surface area contributed by atoms with Gasteiger partial charge in [0.25, 0.3) is 0 Å². The molecule has 1 fully saturated rings. The highest BCUT2D eigenvalue weighted by Crippen LogP contribution is 2.42. The van der Waals surface area contributed by atoms with Gasteiger partial charge in [0, 0.05) is 4.88 Å². The van der Waals surface area contributed by atoms with Gasteiger partial charge in [-0.1, -0.05) is 33.1 Å². The van der Waals surface area contributed by atoms with Gasteiger partial charge in [0.1, 0.15) is 5.01 Å². The topological polar surface area (TPSA) is 24.9 Å². The van der Waals surface area contributed by atoms with E-state index in [1.807, 2.05) is 11.3 Å². The smallest absolute Gasteiger partial charge is 0.113 e. The average Bonchev–Trinajstić information content (AvgIpc) is 2.97. The molecule has 0 aromatic carbocycles. The molecule has 20 heavy (non-hydrogen) atoms. The Kier molecular flexibility index (Phi) is 4.46. The molecule has 2 unspecified atom stereocenters. The van der Waals surface area contributed by atoms with E-state index >= 15 is 0 Å². The quantitative estimate of drug-likeness (QED) is 0.831. The molecule has 0 aliphatic heterocycles. The number of hydrogen-bond acceptors (Lipinski definition) is 3. The molecular formula is C17H28N2S. The third-order valence-electron chi connectivity index (χ3n) is 5.29. The minimum Gasteiger partial charge on any atom is -0.306 e. The predicted octanol–water partition coefficient (Wildman–Crippen LogP) is 4.43. The van der Waals surface area contributed by atoms with Crippen molar-refractivity contribution in [2.45, 2.75) is 77.2 Å². The van der Waals surface area contributed by atoms with Crippen molar-refractivity contribution in [2.24, 2.45) is 5.92 Å². The number of nitrogens with zero attached hydrogens (tertiary/aromatic N) is 1. The minimum absolute atomic E-state index is 0.188. The molecule has 0 bridgehead atoms. The summed E-state index contributed by atoms with van der Waals surface area (Å²) < 4.78 is 0. The van der Waals surface area contributed by atoms with E-state index in [4.69, 9.17) is 4.98 Å². The lowest BCUT2D eigenvalue weighted by Gasteiger charge is -2.32. The van der Waals surface area contributed by atoms with Crippen LogP contribution in [0.5, 0.6) is 0 Å². The van der Waals surface area contributed by atoms with Crippen molar-refractivity contribution in [3.05, 3.63) is 15.6 Å². The van der Waals surface area contributed by atoms with E-state index in [1.54, 1.807) is 4.88 Å². The van der Waals surface area contributed by atoms with Gasteiger partial charge in [0.15, 0.2) is 0 Å². The zero-order valence-electron chi connectivity index (χ0n) is 13.0. The van der Waals surface area contributed by atoms with E-state index < -0.39 is 0 Å². The first-order chi connectivity index (χ1) is 9.77. The van der Waals surface area contributed by atoms with Crippen molar-refractivity contribution < 1.29 is 0 Å². The first-order valence-electron chi connectivity index (χ1n) is 8.51. The van der Waals surface area contributed by atoms with Crippen molar-refractivity contribution in [3.8, 4) is 0 Å². The van der Waals surface area contributed by atoms with Crippen LogP contribution < -0.4 is 5.32 Å². The van der Waals surface area contributed by atoms with Crippen LogP contribution >= 0.6 is 11.3 Å². The number of rotatable bonds is 4. The number of fused-ring (bicyclic) bond motifs is 1. The van der Waals surface area contributed by atoms with Gasteiger partial charge in [-0.2, -0.15) is 0 Å². The van der Waals surface area contributed by atoms with E-state index in [9.17, 15) is 0 Å². The maximum atomic E-state index is 5.05. The summed E-state index contributed by atoms with van der Waals surface area (Å²) in [5.74, 6) is 0.933. The molecule has 2 nitrogen and oxygen atoms in total. The second-order valence-corrected chi connectivity index (χ2v) is 7.64. The van der Waals surface area contributed by atoms with Crippen LogP contribution in [0, 0.1) is 5.92 Å². The van der Waals surface area contributed by atoms with Crippen LogP contribution in [0.15, 0.2) is 0 Å². The van der Waals surface area contributed by atoms with Gasteiger partial charge in [0.2, 0.25) is 0 Å². The van der Waals surface area contributed by atoms with Gasteiger partial charge >= 0.3 is 0 Å². The van der Waals surface area contributed by atoms with Crippen molar-refractivity contribution in [2.75, 3.05) is 6.54 Å². The summed E-state index contributed by atoms with van der Waals surface area (Å²) in [5.41, 5.74) is 1.60. The normalized spacial score (nSPS) is 30.2. The summed E-state index contributed by atoms with van der Waals surface area (Å²) >= 11 is 2.01. The lowest BCUT2D eigenvalue weighted by atomic mass is 9.89. The summed E-state index contributed by atoms with van der Waals surface area (Å²) in [4.78, 5) is 6.63. The average molecular weight is 292 g/mol. The molecule has 2 aliphatic carbocycles. The van der Waals surface area contributed by atoms with Crippen molar-refractivity contribution in [1.29, 1.82) is 0 Å². The number of hydrogen-bond donors (Lipinski definition) is 1. The number of aryl methyl sites for hydroxylation is 2. The van der Waals surface area contributed by atoms with Gasteiger partial charge in [-0.25, -0.2) is 4.98 Å². The fraction of sp³-hybridized carbons (Fsp3) is 0.824. The highest BCUT2D eigenvalue weighted by molar-refractivity contribution is 7.12. The largest absolute Gasteiger partial charge is 0.306 e. The summed E-state index contributed by atoms with van der Waals surface area (Å²) in [6.07, 6.45) is 11.9. The van der Waals surface area contributed by atoms with Crippen LogP contribution in [-0.2, 0) is 18.4 Å². The molecule has 1 N–H and O–H groups in total. The second kappa shape index (κ2) is 6.15. The molecule has 1 aromatic rings. The Balaban J connectivity index is 1.86. The molecule has 1 heterocycles. The van der Waals surface area contributed by atoms with Gasteiger partial charge in [-0.3, -0.25) is 0 Å². The zero-order valence-corrected chi connectivity index (χ0v) is 13.8. The van der Waals surface area contributed by atoms with E-state index in [-0.39, 0.29) is 5.54 Å². The molecule has 1 aromatic heterocycles. The van der Waals surface area contributed by atoms with Crippen LogP contribution in [0.1, 0.15) is 74.4 Å². The molecule has 3 heteroatoms. The molecule has 3 rings (SSSR count). The lowest BCUT2D eigenvalue weighted by molar-refractivity contribution is 0.289. The van der Waals surface area contributed by atoms with E-state index in [2.05, 4.69) is 19.2 Å². The summed E-state index contributed by atoms with van der Waals surface area (Å²) in [6, 6.07) is 0. The highest BCUT2D eigenvalue weighted by Gasteiger charge is 2.37. The Bertz CT molecular complexity index is 432. The molecule has 0 spiro atoms. The monoisotopic (exact) mass is 292 g/mol. The first-order valence-corrected chi connectivity index (χ1v) is 9.33. The Morgan fingerprint density at radius 1 is 1.20 bits per heavy atom. The number of thiazole rings is 1. The Labute approximate surface area is 127 Å². The maximum absolute atomic E-state index is 5.05. The fourth-order valence-electron chi connectivity index (χ4n) is 4.02. The third-order valence-corrected chi connectivity index (χ3v) is 6.65. The Morgan fingerprint density at radius 2 is 2.10 bits per heavy atom. The zero-order chi connectivity index (χ0) is 14.0. The molecule has 112 valence electrons. The van der Waals surface area contributed by atoms with Crippen molar-refractivity contribution >= 4 is 11.3 Å². The second-order valence-electron chi connectivity index (χ2n) is 6.56. The Hall–Kier alpha value is -0.410. The fourth-order valence-corrected chi connectivity index (χ4v) is 5.39. The van der Waals surface area contributed by atoms with Crippen LogP contribution in [0.3, 0.4) is 0 Å². The van der Waals surface area contributed by atoms with E-state index in [1.165, 1.54) is 68.5 Å². The number of aromatic nitrogens is 1. The van der Waals surface area contributed by atoms with Crippen molar-refractivity contribution in [1.82, 2.24) is 10.3 Å². The lowest BCUT2D eigenvalue weighted by Crippen LogP contribution is -2.42. The van der Waals surface area contributed by atoms with Gasteiger partial charge in [-0.05, 0) is 51.0 Å². The Morgan fingerprint density at radius 3 is 2.85 bits per heavy atom. The van der Waals surface area contributed by atoms with Crippen molar-refractivity contribution in [3.63, 3.8) is 0 Å². The molecule has 1 saturated carbocycles. The molecule has 0 saturated heterocycles. The molecule has 0 radical (unpaired) electrons. The van der Waals surface area contributed by atoms with Crippen LogP contribution in [0.2, 0.25) is 0 Å². The van der Waals surface area contributed by atoms with Crippen LogP contribution in [-0.4, -0.2) is 11.5 Å². The molecule has 2 aliphatic rings. The van der Waals surface area contributed by atoms with Crippen LogP contribution in [0.25, 0.3) is 0 Å².